The average molecular weight is 322 g/mol. The molecule has 0 atom stereocenters. The Bertz CT molecular complexity index is 589. The Labute approximate surface area is 135 Å². The van der Waals surface area contributed by atoms with Gasteiger partial charge in [0, 0.05) is 21.4 Å². The molecule has 0 heterocycles. The second-order valence-electron chi connectivity index (χ2n) is 4.71. The molecule has 112 valence electrons. The van der Waals surface area contributed by atoms with Gasteiger partial charge in [0.2, 0.25) is 0 Å². The summed E-state index contributed by atoms with van der Waals surface area (Å²) in [6.45, 7) is 4.05. The molecule has 0 aromatic heterocycles. The quantitative estimate of drug-likeness (QED) is 0.725. The smallest absolute Gasteiger partial charge is 0.119 e. The normalized spacial score (nSPS) is 10.6. The highest BCUT2D eigenvalue weighted by molar-refractivity contribution is 7.99. The molecule has 0 aliphatic rings. The number of halogens is 1. The molecule has 0 radical (unpaired) electrons. The Morgan fingerprint density at radius 1 is 1.19 bits per heavy atom. The highest BCUT2D eigenvalue weighted by Gasteiger charge is 2.06. The second-order valence-corrected chi connectivity index (χ2v) is 6.26. The zero-order chi connectivity index (χ0) is 15.1. The Morgan fingerprint density at radius 2 is 2.05 bits per heavy atom. The fraction of sp³-hybridized carbons (Fsp3) is 0.294. The first kappa shape index (κ1) is 16.2. The third kappa shape index (κ3) is 4.95. The standard InChI is InChI=1S/C17H20ClNOS/c1-3-9-19-12-13-7-8-14(18)10-17(13)21-16-6-4-5-15(11-16)20-2/h4-8,10-11,19H,3,9,12H2,1-2H3. The largest absolute Gasteiger partial charge is 0.497 e. The van der Waals surface area contributed by atoms with Crippen LogP contribution >= 0.6 is 23.4 Å². The summed E-state index contributed by atoms with van der Waals surface area (Å²) in [5.74, 6) is 0.868. The van der Waals surface area contributed by atoms with Gasteiger partial charge in [0.15, 0.2) is 0 Å². The van der Waals surface area contributed by atoms with Crippen LogP contribution in [0.25, 0.3) is 0 Å². The van der Waals surface area contributed by atoms with Crippen molar-refractivity contribution in [2.45, 2.75) is 29.7 Å². The summed E-state index contributed by atoms with van der Waals surface area (Å²) in [6.07, 6.45) is 1.13. The van der Waals surface area contributed by atoms with Crippen LogP contribution in [-0.4, -0.2) is 13.7 Å². The first-order valence-electron chi connectivity index (χ1n) is 7.04. The van der Waals surface area contributed by atoms with E-state index in [9.17, 15) is 0 Å². The van der Waals surface area contributed by atoms with E-state index in [2.05, 4.69) is 24.4 Å². The molecule has 2 rings (SSSR count). The van der Waals surface area contributed by atoms with Crippen molar-refractivity contribution >= 4 is 23.4 Å². The molecule has 0 amide bonds. The molecule has 0 saturated carbocycles. The Kier molecular flexibility index (Phi) is 6.43. The highest BCUT2D eigenvalue weighted by atomic mass is 35.5. The SMILES string of the molecule is CCCNCc1ccc(Cl)cc1Sc1cccc(OC)c1. The van der Waals surface area contributed by atoms with E-state index in [0.717, 1.165) is 35.2 Å². The van der Waals surface area contributed by atoms with Crippen molar-refractivity contribution in [1.29, 1.82) is 0 Å². The summed E-state index contributed by atoms with van der Waals surface area (Å²) in [7, 11) is 1.68. The van der Waals surface area contributed by atoms with Gasteiger partial charge in [0.05, 0.1) is 7.11 Å². The molecule has 21 heavy (non-hydrogen) atoms. The van der Waals surface area contributed by atoms with Crippen molar-refractivity contribution in [2.75, 3.05) is 13.7 Å². The highest BCUT2D eigenvalue weighted by Crippen LogP contribution is 2.34. The van der Waals surface area contributed by atoms with Crippen molar-refractivity contribution in [3.05, 3.63) is 53.1 Å². The van der Waals surface area contributed by atoms with Crippen LogP contribution < -0.4 is 10.1 Å². The number of methoxy groups -OCH3 is 1. The van der Waals surface area contributed by atoms with Crippen LogP contribution in [0.1, 0.15) is 18.9 Å². The molecule has 4 heteroatoms. The van der Waals surface area contributed by atoms with Gasteiger partial charge < -0.3 is 10.1 Å². The van der Waals surface area contributed by atoms with Crippen LogP contribution in [0.2, 0.25) is 5.02 Å². The molecule has 2 nitrogen and oxygen atoms in total. The van der Waals surface area contributed by atoms with Crippen molar-refractivity contribution in [2.24, 2.45) is 0 Å². The predicted octanol–water partition coefficient (Wildman–Crippen LogP) is 5.00. The Hall–Kier alpha value is -1.16. The fourth-order valence-corrected chi connectivity index (χ4v) is 3.23. The van der Waals surface area contributed by atoms with Gasteiger partial charge in [-0.3, -0.25) is 0 Å². The van der Waals surface area contributed by atoms with E-state index < -0.39 is 0 Å². The van der Waals surface area contributed by atoms with Crippen molar-refractivity contribution in [3.63, 3.8) is 0 Å². The second kappa shape index (κ2) is 8.32. The summed E-state index contributed by atoms with van der Waals surface area (Å²) in [4.78, 5) is 2.33. The third-order valence-corrected chi connectivity index (χ3v) is 4.37. The third-order valence-electron chi connectivity index (χ3n) is 3.04. The van der Waals surface area contributed by atoms with Crippen LogP contribution in [0.5, 0.6) is 5.75 Å². The minimum absolute atomic E-state index is 0.764. The molecule has 0 aliphatic heterocycles. The Balaban J connectivity index is 2.18. The molecule has 2 aromatic carbocycles. The van der Waals surface area contributed by atoms with Crippen LogP contribution in [0.4, 0.5) is 0 Å². The summed E-state index contributed by atoms with van der Waals surface area (Å²) in [5.41, 5.74) is 1.26. The van der Waals surface area contributed by atoms with Gasteiger partial charge in [-0.05, 0) is 48.9 Å². The topological polar surface area (TPSA) is 21.3 Å². The number of nitrogens with one attached hydrogen (secondary N) is 1. The van der Waals surface area contributed by atoms with Crippen LogP contribution in [0.3, 0.4) is 0 Å². The minimum atomic E-state index is 0.764. The number of hydrogen-bond donors (Lipinski definition) is 1. The van der Waals surface area contributed by atoms with Gasteiger partial charge in [-0.2, -0.15) is 0 Å². The molecule has 0 saturated heterocycles. The summed E-state index contributed by atoms with van der Waals surface area (Å²) < 4.78 is 5.27. The van der Waals surface area contributed by atoms with E-state index in [1.54, 1.807) is 18.9 Å². The lowest BCUT2D eigenvalue weighted by Gasteiger charge is -2.11. The van der Waals surface area contributed by atoms with Gasteiger partial charge >= 0.3 is 0 Å². The number of hydrogen-bond acceptors (Lipinski definition) is 3. The van der Waals surface area contributed by atoms with Gasteiger partial charge in [-0.1, -0.05) is 42.4 Å². The first-order chi connectivity index (χ1) is 10.2. The van der Waals surface area contributed by atoms with E-state index in [4.69, 9.17) is 16.3 Å². The van der Waals surface area contributed by atoms with E-state index in [1.807, 2.05) is 30.3 Å². The van der Waals surface area contributed by atoms with Gasteiger partial charge in [-0.15, -0.1) is 0 Å². The lowest BCUT2D eigenvalue weighted by atomic mass is 10.2. The van der Waals surface area contributed by atoms with Crippen molar-refractivity contribution < 1.29 is 4.74 Å². The maximum absolute atomic E-state index is 6.14. The van der Waals surface area contributed by atoms with E-state index in [-0.39, 0.29) is 0 Å². The zero-order valence-corrected chi connectivity index (χ0v) is 13.9. The average Bonchev–Trinajstić information content (AvgIpc) is 2.50. The van der Waals surface area contributed by atoms with Crippen molar-refractivity contribution in [3.8, 4) is 5.75 Å². The van der Waals surface area contributed by atoms with Gasteiger partial charge in [0.25, 0.3) is 0 Å². The zero-order valence-electron chi connectivity index (χ0n) is 12.4. The van der Waals surface area contributed by atoms with Crippen LogP contribution in [0, 0.1) is 0 Å². The summed E-state index contributed by atoms with van der Waals surface area (Å²) in [6, 6.07) is 14.1. The van der Waals surface area contributed by atoms with Crippen LogP contribution in [-0.2, 0) is 6.54 Å². The number of rotatable bonds is 7. The first-order valence-corrected chi connectivity index (χ1v) is 8.23. The molecule has 0 aliphatic carbocycles. The van der Waals surface area contributed by atoms with Crippen molar-refractivity contribution in [1.82, 2.24) is 5.32 Å². The molecule has 0 fully saturated rings. The van der Waals surface area contributed by atoms with Gasteiger partial charge in [0.1, 0.15) is 5.75 Å². The van der Waals surface area contributed by atoms with Crippen LogP contribution in [0.15, 0.2) is 52.3 Å². The summed E-state index contributed by atoms with van der Waals surface area (Å²) in [5, 5.41) is 4.20. The molecule has 0 bridgehead atoms. The molecule has 2 aromatic rings. The molecule has 0 unspecified atom stereocenters. The summed E-state index contributed by atoms with van der Waals surface area (Å²) >= 11 is 7.86. The molecule has 0 spiro atoms. The molecular weight excluding hydrogens is 302 g/mol. The lowest BCUT2D eigenvalue weighted by Crippen LogP contribution is -2.14. The minimum Gasteiger partial charge on any atom is -0.497 e. The van der Waals surface area contributed by atoms with E-state index >= 15 is 0 Å². The van der Waals surface area contributed by atoms with E-state index in [0.29, 0.717) is 0 Å². The van der Waals surface area contributed by atoms with E-state index in [1.165, 1.54) is 10.5 Å². The predicted molar refractivity (Wildman–Crippen MR) is 90.6 cm³/mol. The number of ether oxygens (including phenoxy) is 1. The monoisotopic (exact) mass is 321 g/mol. The Morgan fingerprint density at radius 3 is 2.81 bits per heavy atom. The molecular formula is C17H20ClNOS. The fourth-order valence-electron chi connectivity index (χ4n) is 1.96. The van der Waals surface area contributed by atoms with Gasteiger partial charge in [-0.25, -0.2) is 0 Å². The maximum Gasteiger partial charge on any atom is 0.119 e. The maximum atomic E-state index is 6.14. The lowest BCUT2D eigenvalue weighted by molar-refractivity contribution is 0.413. The number of benzene rings is 2. The molecule has 1 N–H and O–H groups in total.